The highest BCUT2D eigenvalue weighted by Gasteiger charge is 2.03. The Morgan fingerprint density at radius 2 is 1.77 bits per heavy atom. The Morgan fingerprint density at radius 1 is 1.05 bits per heavy atom. The van der Waals surface area contributed by atoms with E-state index in [9.17, 15) is 4.79 Å². The van der Waals surface area contributed by atoms with Gasteiger partial charge in [-0.05, 0) is 29.8 Å². The standard InChI is InChI=1S/C18H12ClNO2/c19-17-15(11-14-3-1-2-4-16(14)20-17)10-7-12-5-8-13(9-6-12)18(21)22/h1-11H,(H,21,22). The first-order chi connectivity index (χ1) is 10.6. The molecule has 3 rings (SSSR count). The topological polar surface area (TPSA) is 50.2 Å². The summed E-state index contributed by atoms with van der Waals surface area (Å²) in [6, 6.07) is 16.4. The van der Waals surface area contributed by atoms with Crippen LogP contribution in [0.5, 0.6) is 0 Å². The van der Waals surface area contributed by atoms with Crippen LogP contribution in [0.25, 0.3) is 23.1 Å². The highest BCUT2D eigenvalue weighted by molar-refractivity contribution is 6.31. The summed E-state index contributed by atoms with van der Waals surface area (Å²) in [5.74, 6) is -0.933. The molecule has 0 bridgehead atoms. The summed E-state index contributed by atoms with van der Waals surface area (Å²) >= 11 is 6.20. The smallest absolute Gasteiger partial charge is 0.335 e. The third-order valence-corrected chi connectivity index (χ3v) is 3.62. The number of fused-ring (bicyclic) bond motifs is 1. The SMILES string of the molecule is O=C(O)c1ccc(C=Cc2cc3ccccc3nc2Cl)cc1. The molecule has 0 atom stereocenters. The minimum Gasteiger partial charge on any atom is -0.478 e. The highest BCUT2D eigenvalue weighted by Crippen LogP contribution is 2.22. The Bertz CT molecular complexity index is 870. The second-order valence-electron chi connectivity index (χ2n) is 4.82. The van der Waals surface area contributed by atoms with Crippen molar-refractivity contribution in [2.24, 2.45) is 0 Å². The molecule has 0 saturated carbocycles. The number of nitrogens with zero attached hydrogens (tertiary/aromatic N) is 1. The van der Waals surface area contributed by atoms with Gasteiger partial charge in [0.15, 0.2) is 0 Å². The van der Waals surface area contributed by atoms with Crippen molar-refractivity contribution in [1.82, 2.24) is 4.98 Å². The van der Waals surface area contributed by atoms with Gasteiger partial charge in [-0.2, -0.15) is 0 Å². The number of rotatable bonds is 3. The lowest BCUT2D eigenvalue weighted by Gasteiger charge is -2.02. The van der Waals surface area contributed by atoms with Crippen molar-refractivity contribution < 1.29 is 9.90 Å². The number of carboxylic acids is 1. The highest BCUT2D eigenvalue weighted by atomic mass is 35.5. The Balaban J connectivity index is 1.91. The summed E-state index contributed by atoms with van der Waals surface area (Å²) in [7, 11) is 0. The number of benzene rings is 2. The number of carboxylic acid groups (broad SMARTS) is 1. The van der Waals surface area contributed by atoms with Gasteiger partial charge >= 0.3 is 5.97 Å². The van der Waals surface area contributed by atoms with Crippen LogP contribution < -0.4 is 0 Å². The van der Waals surface area contributed by atoms with E-state index in [-0.39, 0.29) is 5.56 Å². The van der Waals surface area contributed by atoms with Gasteiger partial charge in [0, 0.05) is 10.9 Å². The average Bonchev–Trinajstić information content (AvgIpc) is 2.53. The maximum Gasteiger partial charge on any atom is 0.335 e. The molecule has 4 heteroatoms. The van der Waals surface area contributed by atoms with Crippen molar-refractivity contribution in [3.8, 4) is 0 Å². The molecule has 0 saturated heterocycles. The number of carbonyl (C=O) groups is 1. The van der Waals surface area contributed by atoms with Crippen molar-refractivity contribution in [3.05, 3.63) is 76.4 Å². The van der Waals surface area contributed by atoms with Crippen molar-refractivity contribution in [3.63, 3.8) is 0 Å². The summed E-state index contributed by atoms with van der Waals surface area (Å²) in [5.41, 5.74) is 2.84. The molecule has 1 aromatic heterocycles. The van der Waals surface area contributed by atoms with Gasteiger partial charge in [0.25, 0.3) is 0 Å². The number of hydrogen-bond donors (Lipinski definition) is 1. The largest absolute Gasteiger partial charge is 0.478 e. The lowest BCUT2D eigenvalue weighted by Crippen LogP contribution is -1.94. The fourth-order valence-electron chi connectivity index (χ4n) is 2.15. The van der Waals surface area contributed by atoms with Crippen LogP contribution in [0.15, 0.2) is 54.6 Å². The molecule has 3 nitrogen and oxygen atoms in total. The minimum absolute atomic E-state index is 0.266. The molecule has 2 aromatic carbocycles. The first-order valence-corrected chi connectivity index (χ1v) is 7.08. The zero-order valence-electron chi connectivity index (χ0n) is 11.5. The summed E-state index contributed by atoms with van der Waals surface area (Å²) in [6.07, 6.45) is 3.75. The number of para-hydroxylation sites is 1. The molecule has 1 N–H and O–H groups in total. The molecular weight excluding hydrogens is 298 g/mol. The summed E-state index contributed by atoms with van der Waals surface area (Å²) in [6.45, 7) is 0. The number of aromatic carboxylic acids is 1. The predicted octanol–water partition coefficient (Wildman–Crippen LogP) is 4.76. The van der Waals surface area contributed by atoms with E-state index in [1.165, 1.54) is 0 Å². The lowest BCUT2D eigenvalue weighted by molar-refractivity contribution is 0.0697. The van der Waals surface area contributed by atoms with Crippen molar-refractivity contribution in [2.45, 2.75) is 0 Å². The number of hydrogen-bond acceptors (Lipinski definition) is 2. The molecule has 0 aliphatic heterocycles. The molecule has 0 unspecified atom stereocenters. The van der Waals surface area contributed by atoms with Gasteiger partial charge in [-0.3, -0.25) is 0 Å². The van der Waals surface area contributed by atoms with Crippen LogP contribution in [-0.2, 0) is 0 Å². The molecule has 22 heavy (non-hydrogen) atoms. The first kappa shape index (κ1) is 14.3. The number of aromatic nitrogens is 1. The molecule has 0 spiro atoms. The molecule has 0 radical (unpaired) electrons. The summed E-state index contributed by atoms with van der Waals surface area (Å²) in [5, 5.41) is 10.3. The van der Waals surface area contributed by atoms with E-state index in [4.69, 9.17) is 16.7 Å². The third kappa shape index (κ3) is 3.00. The molecule has 0 amide bonds. The molecule has 0 aliphatic rings. The van der Waals surface area contributed by atoms with E-state index < -0.39 is 5.97 Å². The van der Waals surface area contributed by atoms with E-state index in [1.807, 2.05) is 42.5 Å². The maximum atomic E-state index is 10.8. The first-order valence-electron chi connectivity index (χ1n) is 6.70. The predicted molar refractivity (Wildman–Crippen MR) is 89.1 cm³/mol. The molecular formula is C18H12ClNO2. The van der Waals surface area contributed by atoms with E-state index >= 15 is 0 Å². The zero-order valence-corrected chi connectivity index (χ0v) is 12.3. The molecule has 1 heterocycles. The Morgan fingerprint density at radius 3 is 2.50 bits per heavy atom. The van der Waals surface area contributed by atoms with Gasteiger partial charge in [-0.15, -0.1) is 0 Å². The van der Waals surface area contributed by atoms with E-state index in [0.29, 0.717) is 5.15 Å². The van der Waals surface area contributed by atoms with Gasteiger partial charge in [0.1, 0.15) is 5.15 Å². The monoisotopic (exact) mass is 309 g/mol. The molecule has 0 fully saturated rings. The van der Waals surface area contributed by atoms with Crippen LogP contribution in [0.4, 0.5) is 0 Å². The normalized spacial score (nSPS) is 11.1. The number of pyridine rings is 1. The van der Waals surface area contributed by atoms with Gasteiger partial charge < -0.3 is 5.11 Å². The Hall–Kier alpha value is -2.65. The van der Waals surface area contributed by atoms with Gasteiger partial charge in [0.05, 0.1) is 11.1 Å². The maximum absolute atomic E-state index is 10.8. The van der Waals surface area contributed by atoms with Crippen molar-refractivity contribution >= 4 is 40.6 Å². The zero-order chi connectivity index (χ0) is 15.5. The van der Waals surface area contributed by atoms with Crippen molar-refractivity contribution in [2.75, 3.05) is 0 Å². The number of halogens is 1. The fraction of sp³-hybridized carbons (Fsp3) is 0. The lowest BCUT2D eigenvalue weighted by atomic mass is 10.1. The average molecular weight is 310 g/mol. The second-order valence-corrected chi connectivity index (χ2v) is 5.18. The van der Waals surface area contributed by atoms with Gasteiger partial charge in [0.2, 0.25) is 0 Å². The quantitative estimate of drug-likeness (QED) is 0.710. The van der Waals surface area contributed by atoms with E-state index in [1.54, 1.807) is 24.3 Å². The van der Waals surface area contributed by atoms with Gasteiger partial charge in [-0.25, -0.2) is 9.78 Å². The Labute approximate surface area is 132 Å². The van der Waals surface area contributed by atoms with Crippen LogP contribution in [0.3, 0.4) is 0 Å². The second kappa shape index (κ2) is 6.00. The van der Waals surface area contributed by atoms with E-state index in [0.717, 1.165) is 22.0 Å². The van der Waals surface area contributed by atoms with Crippen LogP contribution in [0.2, 0.25) is 5.15 Å². The van der Waals surface area contributed by atoms with Crippen LogP contribution >= 0.6 is 11.6 Å². The van der Waals surface area contributed by atoms with Crippen LogP contribution in [0, 0.1) is 0 Å². The minimum atomic E-state index is -0.933. The Kier molecular flexibility index (Phi) is 3.90. The summed E-state index contributed by atoms with van der Waals surface area (Å²) < 4.78 is 0. The molecule has 108 valence electrons. The fourth-order valence-corrected chi connectivity index (χ4v) is 2.36. The van der Waals surface area contributed by atoms with Crippen molar-refractivity contribution in [1.29, 1.82) is 0 Å². The van der Waals surface area contributed by atoms with Crippen LogP contribution in [0.1, 0.15) is 21.5 Å². The molecule has 0 aliphatic carbocycles. The summed E-state index contributed by atoms with van der Waals surface area (Å²) in [4.78, 5) is 15.2. The molecule has 3 aromatic rings. The van der Waals surface area contributed by atoms with Gasteiger partial charge in [-0.1, -0.05) is 54.1 Å². The van der Waals surface area contributed by atoms with Crippen LogP contribution in [-0.4, -0.2) is 16.1 Å². The third-order valence-electron chi connectivity index (χ3n) is 3.32. The van der Waals surface area contributed by atoms with E-state index in [2.05, 4.69) is 4.98 Å².